The van der Waals surface area contributed by atoms with Gasteiger partial charge in [-0.3, -0.25) is 4.79 Å². The fraction of sp³-hybridized carbons (Fsp3) is 0.588. The van der Waals surface area contributed by atoms with E-state index in [0.717, 1.165) is 18.4 Å². The van der Waals surface area contributed by atoms with Gasteiger partial charge in [-0.1, -0.05) is 25.0 Å². The van der Waals surface area contributed by atoms with Gasteiger partial charge in [0.2, 0.25) is 5.91 Å². The van der Waals surface area contributed by atoms with Crippen LogP contribution in [-0.4, -0.2) is 36.6 Å². The summed E-state index contributed by atoms with van der Waals surface area (Å²) in [4.78, 5) is 14.4. The number of nitrogens with zero attached hydrogens (tertiary/aromatic N) is 1. The van der Waals surface area contributed by atoms with Crippen LogP contribution in [0.5, 0.6) is 0 Å². The molecule has 1 aliphatic carbocycles. The molecule has 3 rings (SSSR count). The van der Waals surface area contributed by atoms with Crippen LogP contribution in [0.4, 0.5) is 4.39 Å². The average molecular weight is 291 g/mol. The lowest BCUT2D eigenvalue weighted by atomic mass is 10.0. The summed E-state index contributed by atoms with van der Waals surface area (Å²) in [6, 6.07) is 6.61. The highest BCUT2D eigenvalue weighted by atomic mass is 19.1. The third-order valence-corrected chi connectivity index (χ3v) is 4.51. The molecule has 2 aliphatic rings. The zero-order valence-corrected chi connectivity index (χ0v) is 12.3. The first-order valence-corrected chi connectivity index (χ1v) is 7.87. The number of benzene rings is 1. The highest BCUT2D eigenvalue weighted by Gasteiger charge is 2.30. The van der Waals surface area contributed by atoms with E-state index in [1.165, 1.54) is 18.9 Å². The molecule has 0 bridgehead atoms. The lowest BCUT2D eigenvalue weighted by Gasteiger charge is -2.34. The third-order valence-electron chi connectivity index (χ3n) is 4.51. The average Bonchev–Trinajstić information content (AvgIpc) is 3.01. The van der Waals surface area contributed by atoms with Crippen LogP contribution >= 0.6 is 0 Å². The molecule has 4 heteroatoms. The van der Waals surface area contributed by atoms with Gasteiger partial charge in [-0.05, 0) is 30.5 Å². The Morgan fingerprint density at radius 1 is 1.33 bits per heavy atom. The van der Waals surface area contributed by atoms with Crippen LogP contribution in [0.25, 0.3) is 0 Å². The molecule has 1 saturated heterocycles. The quantitative estimate of drug-likeness (QED) is 0.857. The smallest absolute Gasteiger partial charge is 0.225 e. The van der Waals surface area contributed by atoms with E-state index in [1.807, 2.05) is 11.0 Å². The molecule has 1 aromatic carbocycles. The van der Waals surface area contributed by atoms with Crippen molar-refractivity contribution in [2.45, 2.75) is 38.2 Å². The molecule has 0 radical (unpaired) electrons. The molecular weight excluding hydrogens is 269 g/mol. The van der Waals surface area contributed by atoms with Crippen molar-refractivity contribution >= 4 is 5.91 Å². The maximum Gasteiger partial charge on any atom is 0.225 e. The minimum atomic E-state index is -0.220. The van der Waals surface area contributed by atoms with Gasteiger partial charge in [0.05, 0.1) is 12.7 Å². The van der Waals surface area contributed by atoms with E-state index in [4.69, 9.17) is 4.74 Å². The number of ether oxygens (including phenoxy) is 1. The van der Waals surface area contributed by atoms with Gasteiger partial charge < -0.3 is 9.64 Å². The maximum absolute atomic E-state index is 13.2. The van der Waals surface area contributed by atoms with E-state index in [9.17, 15) is 9.18 Å². The van der Waals surface area contributed by atoms with Crippen molar-refractivity contribution in [1.82, 2.24) is 4.90 Å². The van der Waals surface area contributed by atoms with Crippen molar-refractivity contribution in [1.29, 1.82) is 0 Å². The molecule has 114 valence electrons. The van der Waals surface area contributed by atoms with E-state index in [-0.39, 0.29) is 17.8 Å². The van der Waals surface area contributed by atoms with E-state index in [1.54, 1.807) is 12.1 Å². The second kappa shape index (κ2) is 6.56. The molecule has 2 fully saturated rings. The zero-order chi connectivity index (χ0) is 14.7. The molecule has 1 atom stereocenters. The first-order valence-electron chi connectivity index (χ1n) is 7.87. The van der Waals surface area contributed by atoms with Crippen molar-refractivity contribution in [2.75, 3.05) is 19.7 Å². The zero-order valence-electron chi connectivity index (χ0n) is 12.3. The number of halogens is 1. The molecule has 1 saturated carbocycles. The van der Waals surface area contributed by atoms with Gasteiger partial charge >= 0.3 is 0 Å². The Kier molecular flexibility index (Phi) is 4.54. The van der Waals surface area contributed by atoms with Crippen molar-refractivity contribution in [2.24, 2.45) is 5.92 Å². The first-order chi connectivity index (χ1) is 10.2. The number of carbonyl (C=O) groups is 1. The molecule has 1 aliphatic heterocycles. The fourth-order valence-corrected chi connectivity index (χ4v) is 3.40. The van der Waals surface area contributed by atoms with Crippen LogP contribution < -0.4 is 0 Å². The van der Waals surface area contributed by atoms with Crippen LogP contribution in [-0.2, 0) is 16.0 Å². The summed E-state index contributed by atoms with van der Waals surface area (Å²) in [6.45, 7) is 1.90. The topological polar surface area (TPSA) is 29.5 Å². The Morgan fingerprint density at radius 3 is 2.90 bits per heavy atom. The molecule has 3 nitrogen and oxygen atoms in total. The molecule has 0 N–H and O–H groups in total. The number of carbonyl (C=O) groups excluding carboxylic acids is 1. The van der Waals surface area contributed by atoms with Gasteiger partial charge in [0, 0.05) is 25.4 Å². The van der Waals surface area contributed by atoms with Crippen molar-refractivity contribution in [3.05, 3.63) is 35.6 Å². The Morgan fingerprint density at radius 2 is 2.14 bits per heavy atom. The summed E-state index contributed by atoms with van der Waals surface area (Å²) in [5.41, 5.74) is 0.926. The van der Waals surface area contributed by atoms with Crippen LogP contribution in [0.15, 0.2) is 24.3 Å². The van der Waals surface area contributed by atoms with E-state index in [2.05, 4.69) is 0 Å². The minimum absolute atomic E-state index is 0.0223. The number of rotatable bonds is 3. The van der Waals surface area contributed by atoms with E-state index < -0.39 is 0 Å². The van der Waals surface area contributed by atoms with Gasteiger partial charge in [-0.2, -0.15) is 0 Å². The maximum atomic E-state index is 13.2. The van der Waals surface area contributed by atoms with Crippen LogP contribution in [0.2, 0.25) is 0 Å². The predicted molar refractivity (Wildman–Crippen MR) is 78.4 cm³/mol. The SMILES string of the molecule is O=C(C1CCCC1)N1CCO[C@@H](Cc2cccc(F)c2)C1. The van der Waals surface area contributed by atoms with E-state index >= 15 is 0 Å². The minimum Gasteiger partial charge on any atom is -0.374 e. The third kappa shape index (κ3) is 3.62. The largest absolute Gasteiger partial charge is 0.374 e. The highest BCUT2D eigenvalue weighted by molar-refractivity contribution is 5.79. The highest BCUT2D eigenvalue weighted by Crippen LogP contribution is 2.27. The lowest BCUT2D eigenvalue weighted by Crippen LogP contribution is -2.48. The van der Waals surface area contributed by atoms with E-state index in [0.29, 0.717) is 32.0 Å². The molecule has 1 amide bonds. The number of amides is 1. The Hall–Kier alpha value is -1.42. The molecule has 1 heterocycles. The predicted octanol–water partition coefficient (Wildman–Crippen LogP) is 2.79. The Labute approximate surface area is 125 Å². The van der Waals surface area contributed by atoms with Gasteiger partial charge in [0.15, 0.2) is 0 Å². The molecule has 21 heavy (non-hydrogen) atoms. The summed E-state index contributed by atoms with van der Waals surface area (Å²) < 4.78 is 19.0. The molecule has 0 spiro atoms. The Balaban J connectivity index is 1.59. The fourth-order valence-electron chi connectivity index (χ4n) is 3.40. The van der Waals surface area contributed by atoms with Crippen molar-refractivity contribution in [3.8, 4) is 0 Å². The van der Waals surface area contributed by atoms with Crippen LogP contribution in [0, 0.1) is 11.7 Å². The van der Waals surface area contributed by atoms with Crippen LogP contribution in [0.1, 0.15) is 31.2 Å². The number of morpholine rings is 1. The lowest BCUT2D eigenvalue weighted by molar-refractivity contribution is -0.142. The van der Waals surface area contributed by atoms with Crippen molar-refractivity contribution < 1.29 is 13.9 Å². The van der Waals surface area contributed by atoms with Crippen LogP contribution in [0.3, 0.4) is 0 Å². The normalized spacial score (nSPS) is 23.5. The standard InChI is InChI=1S/C17H22FNO2/c18-15-7-3-4-13(10-15)11-16-12-19(8-9-21-16)17(20)14-5-1-2-6-14/h3-4,7,10,14,16H,1-2,5-6,8-9,11-12H2/t16-/m0/s1. The second-order valence-corrected chi connectivity index (χ2v) is 6.09. The number of hydrogen-bond donors (Lipinski definition) is 0. The summed E-state index contributed by atoms with van der Waals surface area (Å²) >= 11 is 0. The van der Waals surface area contributed by atoms with Gasteiger partial charge in [0.1, 0.15) is 5.82 Å². The first kappa shape index (κ1) is 14.5. The summed E-state index contributed by atoms with van der Waals surface area (Å²) in [7, 11) is 0. The second-order valence-electron chi connectivity index (χ2n) is 6.09. The molecule has 0 aromatic heterocycles. The van der Waals surface area contributed by atoms with Gasteiger partial charge in [-0.15, -0.1) is 0 Å². The van der Waals surface area contributed by atoms with Crippen molar-refractivity contribution in [3.63, 3.8) is 0 Å². The summed E-state index contributed by atoms with van der Waals surface area (Å²) in [5.74, 6) is 0.292. The summed E-state index contributed by atoms with van der Waals surface area (Å²) in [6.07, 6.45) is 5.05. The monoisotopic (exact) mass is 291 g/mol. The Bertz CT molecular complexity index is 499. The van der Waals surface area contributed by atoms with Gasteiger partial charge in [0.25, 0.3) is 0 Å². The van der Waals surface area contributed by atoms with Gasteiger partial charge in [-0.25, -0.2) is 4.39 Å². The molecule has 0 unspecified atom stereocenters. The number of hydrogen-bond acceptors (Lipinski definition) is 2. The summed E-state index contributed by atoms with van der Waals surface area (Å²) in [5, 5.41) is 0. The molecular formula is C17H22FNO2. The molecule has 1 aromatic rings.